The van der Waals surface area contributed by atoms with Crippen molar-refractivity contribution in [3.63, 3.8) is 0 Å². The largest absolute Gasteiger partial charge is 0.469 e. The van der Waals surface area contributed by atoms with Gasteiger partial charge in [0.15, 0.2) is 0 Å². The molecule has 3 heteroatoms. The van der Waals surface area contributed by atoms with Gasteiger partial charge in [-0.05, 0) is 25.7 Å². The van der Waals surface area contributed by atoms with Crippen molar-refractivity contribution in [2.75, 3.05) is 7.11 Å². The average Bonchev–Trinajstić information content (AvgIpc) is 2.26. The van der Waals surface area contributed by atoms with Crippen LogP contribution in [0.25, 0.3) is 0 Å². The first-order valence-corrected chi connectivity index (χ1v) is 6.03. The summed E-state index contributed by atoms with van der Waals surface area (Å²) >= 11 is 0. The average molecular weight is 230 g/mol. The zero-order valence-electron chi connectivity index (χ0n) is 10.6. The van der Waals surface area contributed by atoms with Gasteiger partial charge in [-0.3, -0.25) is 4.79 Å². The van der Waals surface area contributed by atoms with Gasteiger partial charge < -0.3 is 10.2 Å². The molecule has 0 radical (unpaired) electrons. The molecule has 0 unspecified atom stereocenters. The van der Waals surface area contributed by atoms with Gasteiger partial charge in [-0.15, -0.1) is 0 Å². The molecule has 96 valence electrons. The van der Waals surface area contributed by atoms with Crippen LogP contribution in [0.5, 0.6) is 0 Å². The fourth-order valence-electron chi connectivity index (χ4n) is 1.45. The van der Waals surface area contributed by atoms with E-state index in [0.29, 0.717) is 6.42 Å². The predicted octanol–water partition coefficient (Wildman–Crippen LogP) is 3.03. The van der Waals surface area contributed by atoms with Gasteiger partial charge in [0.25, 0.3) is 0 Å². The first-order chi connectivity index (χ1) is 7.31. The van der Waals surface area contributed by atoms with Gasteiger partial charge in [-0.25, -0.2) is 0 Å². The SMILES string of the molecule is CCC=CCCCCCCCC(=O)OC.O. The van der Waals surface area contributed by atoms with Crippen molar-refractivity contribution in [3.05, 3.63) is 12.2 Å². The Kier molecular flexibility index (Phi) is 15.6. The van der Waals surface area contributed by atoms with Crippen LogP contribution in [0.15, 0.2) is 12.2 Å². The summed E-state index contributed by atoms with van der Waals surface area (Å²) in [4.78, 5) is 10.8. The Balaban J connectivity index is 0. The molecule has 0 rings (SSSR count). The third-order valence-electron chi connectivity index (χ3n) is 2.38. The number of hydrogen-bond donors (Lipinski definition) is 0. The van der Waals surface area contributed by atoms with E-state index in [9.17, 15) is 4.79 Å². The summed E-state index contributed by atoms with van der Waals surface area (Å²) in [5, 5.41) is 0. The van der Waals surface area contributed by atoms with Gasteiger partial charge in [0, 0.05) is 6.42 Å². The molecule has 0 heterocycles. The molecule has 0 amide bonds. The Labute approximate surface area is 99.2 Å². The third kappa shape index (κ3) is 13.2. The predicted molar refractivity (Wildman–Crippen MR) is 67.4 cm³/mol. The lowest BCUT2D eigenvalue weighted by atomic mass is 10.1. The monoisotopic (exact) mass is 230 g/mol. The lowest BCUT2D eigenvalue weighted by Gasteiger charge is -1.99. The number of esters is 1. The molecule has 3 nitrogen and oxygen atoms in total. The van der Waals surface area contributed by atoms with Crippen LogP contribution in [-0.2, 0) is 9.53 Å². The fourth-order valence-corrected chi connectivity index (χ4v) is 1.45. The molecule has 0 aromatic heterocycles. The number of ether oxygens (including phenoxy) is 1. The molecule has 0 aromatic carbocycles. The normalized spacial score (nSPS) is 10.1. The number of allylic oxidation sites excluding steroid dienone is 2. The lowest BCUT2D eigenvalue weighted by Crippen LogP contribution is -1.98. The Bertz CT molecular complexity index is 176. The van der Waals surface area contributed by atoms with Crippen LogP contribution >= 0.6 is 0 Å². The molecule has 0 saturated carbocycles. The standard InChI is InChI=1S/C13H24O2.H2O/c1-3-4-5-6-7-8-9-10-11-12-13(14)15-2;/h4-5H,3,6-12H2,1-2H3;1H2. The molecule has 0 spiro atoms. The maximum atomic E-state index is 10.8. The summed E-state index contributed by atoms with van der Waals surface area (Å²) in [5.41, 5.74) is 0. The van der Waals surface area contributed by atoms with Gasteiger partial charge in [-0.2, -0.15) is 0 Å². The van der Waals surface area contributed by atoms with E-state index in [1.807, 2.05) is 0 Å². The number of carbonyl (C=O) groups excluding carboxylic acids is 1. The summed E-state index contributed by atoms with van der Waals surface area (Å²) in [7, 11) is 1.45. The molecule has 0 fully saturated rings. The van der Waals surface area contributed by atoms with E-state index >= 15 is 0 Å². The zero-order valence-corrected chi connectivity index (χ0v) is 10.6. The molecule has 0 bridgehead atoms. The van der Waals surface area contributed by atoms with Crippen LogP contribution in [0.3, 0.4) is 0 Å². The van der Waals surface area contributed by atoms with Gasteiger partial charge >= 0.3 is 5.97 Å². The number of carbonyl (C=O) groups is 1. The van der Waals surface area contributed by atoms with Crippen LogP contribution in [-0.4, -0.2) is 18.6 Å². The van der Waals surface area contributed by atoms with Crippen molar-refractivity contribution in [1.29, 1.82) is 0 Å². The van der Waals surface area contributed by atoms with Gasteiger partial charge in [0.05, 0.1) is 7.11 Å². The van der Waals surface area contributed by atoms with Crippen molar-refractivity contribution in [2.45, 2.75) is 58.3 Å². The molecule has 0 aliphatic rings. The highest BCUT2D eigenvalue weighted by Gasteiger charge is 1.98. The lowest BCUT2D eigenvalue weighted by molar-refractivity contribution is -0.140. The van der Waals surface area contributed by atoms with Gasteiger partial charge in [-0.1, -0.05) is 38.3 Å². The second kappa shape index (κ2) is 14.2. The zero-order chi connectivity index (χ0) is 11.4. The maximum Gasteiger partial charge on any atom is 0.305 e. The topological polar surface area (TPSA) is 57.8 Å². The van der Waals surface area contributed by atoms with E-state index in [2.05, 4.69) is 23.8 Å². The second-order valence-corrected chi connectivity index (χ2v) is 3.76. The molecule has 0 aliphatic heterocycles. The molecular weight excluding hydrogens is 204 g/mol. The van der Waals surface area contributed by atoms with Gasteiger partial charge in [0.1, 0.15) is 0 Å². The van der Waals surface area contributed by atoms with E-state index in [0.717, 1.165) is 19.3 Å². The number of methoxy groups -OCH3 is 1. The number of rotatable bonds is 9. The van der Waals surface area contributed by atoms with E-state index < -0.39 is 0 Å². The van der Waals surface area contributed by atoms with E-state index in [1.54, 1.807) is 0 Å². The second-order valence-electron chi connectivity index (χ2n) is 3.76. The minimum absolute atomic E-state index is 0. The first kappa shape index (κ1) is 17.6. The Hall–Kier alpha value is -0.830. The first-order valence-electron chi connectivity index (χ1n) is 6.03. The van der Waals surface area contributed by atoms with Crippen LogP contribution in [0, 0.1) is 0 Å². The maximum absolute atomic E-state index is 10.8. The Morgan fingerprint density at radius 3 is 2.31 bits per heavy atom. The molecule has 0 aliphatic carbocycles. The van der Waals surface area contributed by atoms with Crippen molar-refractivity contribution in [1.82, 2.24) is 0 Å². The Morgan fingerprint density at radius 2 is 1.69 bits per heavy atom. The highest BCUT2D eigenvalue weighted by Crippen LogP contribution is 2.08. The van der Waals surface area contributed by atoms with Crippen molar-refractivity contribution in [2.24, 2.45) is 0 Å². The van der Waals surface area contributed by atoms with Crippen LogP contribution in [0.4, 0.5) is 0 Å². The molecule has 0 aromatic rings. The summed E-state index contributed by atoms with van der Waals surface area (Å²) in [6.07, 6.45) is 13.3. The molecule has 0 saturated heterocycles. The highest BCUT2D eigenvalue weighted by molar-refractivity contribution is 5.68. The quantitative estimate of drug-likeness (QED) is 0.347. The van der Waals surface area contributed by atoms with E-state index in [-0.39, 0.29) is 11.4 Å². The summed E-state index contributed by atoms with van der Waals surface area (Å²) in [6.45, 7) is 2.16. The summed E-state index contributed by atoms with van der Waals surface area (Å²) < 4.78 is 4.57. The molecule has 2 N–H and O–H groups in total. The minimum atomic E-state index is -0.0825. The smallest absolute Gasteiger partial charge is 0.305 e. The summed E-state index contributed by atoms with van der Waals surface area (Å²) in [6, 6.07) is 0. The van der Waals surface area contributed by atoms with Crippen molar-refractivity contribution in [3.8, 4) is 0 Å². The number of unbranched alkanes of at least 4 members (excludes halogenated alkanes) is 5. The third-order valence-corrected chi connectivity index (χ3v) is 2.38. The van der Waals surface area contributed by atoms with Gasteiger partial charge in [0.2, 0.25) is 0 Å². The van der Waals surface area contributed by atoms with Crippen LogP contribution < -0.4 is 0 Å². The Morgan fingerprint density at radius 1 is 1.06 bits per heavy atom. The van der Waals surface area contributed by atoms with E-state index in [4.69, 9.17) is 0 Å². The van der Waals surface area contributed by atoms with E-state index in [1.165, 1.54) is 32.8 Å². The highest BCUT2D eigenvalue weighted by atomic mass is 16.5. The van der Waals surface area contributed by atoms with Crippen LogP contribution in [0.2, 0.25) is 0 Å². The number of hydrogen-bond acceptors (Lipinski definition) is 2. The molecular formula is C13H26O3. The summed E-state index contributed by atoms with van der Waals surface area (Å²) in [5.74, 6) is -0.0825. The molecule has 0 atom stereocenters. The molecule has 16 heavy (non-hydrogen) atoms. The fraction of sp³-hybridized carbons (Fsp3) is 0.769. The van der Waals surface area contributed by atoms with Crippen LogP contribution in [0.1, 0.15) is 58.3 Å². The van der Waals surface area contributed by atoms with Crippen molar-refractivity contribution < 1.29 is 15.0 Å². The van der Waals surface area contributed by atoms with Crippen molar-refractivity contribution >= 4 is 5.97 Å². The minimum Gasteiger partial charge on any atom is -0.469 e.